The van der Waals surface area contributed by atoms with Gasteiger partial charge in [-0.2, -0.15) is 0 Å². The zero-order valence-corrected chi connectivity index (χ0v) is 17.8. The van der Waals surface area contributed by atoms with Crippen LogP contribution in [-0.2, 0) is 33.3 Å². The molecule has 7 nitrogen and oxygen atoms in total. The maximum absolute atomic E-state index is 11.9. The number of esters is 3. The second-order valence-corrected chi connectivity index (χ2v) is 8.35. The smallest absolute Gasteiger partial charge is 0.303 e. The van der Waals surface area contributed by atoms with E-state index in [2.05, 4.69) is 0 Å². The molecule has 0 aromatic carbocycles. The van der Waals surface area contributed by atoms with E-state index in [1.54, 1.807) is 0 Å². The fraction of sp³-hybridized carbons (Fsp3) is 0.762. The number of epoxide rings is 1. The van der Waals surface area contributed by atoms with Gasteiger partial charge in [-0.1, -0.05) is 25.5 Å². The Morgan fingerprint density at radius 3 is 2.14 bits per heavy atom. The fourth-order valence-corrected chi connectivity index (χ4v) is 4.22. The van der Waals surface area contributed by atoms with Gasteiger partial charge in [0, 0.05) is 39.5 Å². The lowest BCUT2D eigenvalue weighted by Crippen LogP contribution is -2.47. The Morgan fingerprint density at radius 2 is 1.64 bits per heavy atom. The largest absolute Gasteiger partial charge is 0.462 e. The summed E-state index contributed by atoms with van der Waals surface area (Å²) in [7, 11) is 0. The van der Waals surface area contributed by atoms with Crippen molar-refractivity contribution in [3.05, 3.63) is 11.6 Å². The van der Waals surface area contributed by atoms with Crippen molar-refractivity contribution >= 4 is 17.9 Å². The molecule has 0 aromatic heterocycles. The van der Waals surface area contributed by atoms with Crippen molar-refractivity contribution in [2.75, 3.05) is 0 Å². The molecule has 1 fully saturated rings. The lowest BCUT2D eigenvalue weighted by molar-refractivity contribution is -0.163. The third kappa shape index (κ3) is 5.13. The monoisotopic (exact) mass is 396 g/mol. The Bertz CT molecular complexity index is 653. The molecule has 28 heavy (non-hydrogen) atoms. The van der Waals surface area contributed by atoms with Crippen LogP contribution < -0.4 is 0 Å². The first-order valence-corrected chi connectivity index (χ1v) is 9.80. The molecule has 0 N–H and O–H groups in total. The first-order chi connectivity index (χ1) is 13.0. The van der Waals surface area contributed by atoms with E-state index in [4.69, 9.17) is 18.9 Å². The Balaban J connectivity index is 2.49. The van der Waals surface area contributed by atoms with Gasteiger partial charge in [-0.15, -0.1) is 0 Å². The Labute approximate surface area is 166 Å². The van der Waals surface area contributed by atoms with Crippen molar-refractivity contribution < 1.29 is 33.3 Å². The van der Waals surface area contributed by atoms with Crippen molar-refractivity contribution in [1.29, 1.82) is 0 Å². The molecular weight excluding hydrogens is 364 g/mol. The second-order valence-electron chi connectivity index (χ2n) is 8.35. The Hall–Kier alpha value is -1.89. The van der Waals surface area contributed by atoms with Gasteiger partial charge in [-0.25, -0.2) is 0 Å². The number of ether oxygens (including phenoxy) is 4. The maximum atomic E-state index is 11.9. The van der Waals surface area contributed by atoms with Gasteiger partial charge in [0.1, 0.15) is 30.0 Å². The van der Waals surface area contributed by atoms with E-state index >= 15 is 0 Å². The van der Waals surface area contributed by atoms with Crippen LogP contribution in [0.3, 0.4) is 0 Å². The van der Waals surface area contributed by atoms with E-state index in [-0.39, 0.29) is 23.8 Å². The lowest BCUT2D eigenvalue weighted by atomic mass is 9.77. The SMILES string of the molecule is CC(=O)OC1[C@H](C(C)C)[C@@H](OC(C)=O)C/C(C)=C/C[C@H](OC(C)=O)[C@]2(C)O[C@H]12. The highest BCUT2D eigenvalue weighted by molar-refractivity contribution is 5.67. The number of hydrogen-bond acceptors (Lipinski definition) is 7. The number of carbonyl (C=O) groups excluding carboxylic acids is 3. The van der Waals surface area contributed by atoms with Crippen molar-refractivity contribution in [2.24, 2.45) is 11.8 Å². The minimum atomic E-state index is -0.770. The molecule has 1 aliphatic carbocycles. The minimum Gasteiger partial charge on any atom is -0.462 e. The predicted octanol–water partition coefficient (Wildman–Crippen LogP) is 2.95. The molecule has 0 bridgehead atoms. The molecule has 6 atom stereocenters. The minimum absolute atomic E-state index is 0.0570. The quantitative estimate of drug-likeness (QED) is 0.312. The third-order valence-corrected chi connectivity index (χ3v) is 5.54. The molecule has 158 valence electrons. The summed E-state index contributed by atoms with van der Waals surface area (Å²) in [6, 6.07) is 0. The van der Waals surface area contributed by atoms with Crippen LogP contribution in [0.25, 0.3) is 0 Å². The molecule has 2 rings (SSSR count). The summed E-state index contributed by atoms with van der Waals surface area (Å²) < 4.78 is 22.9. The van der Waals surface area contributed by atoms with Crippen molar-refractivity contribution in [3.63, 3.8) is 0 Å². The molecule has 2 aliphatic rings. The number of rotatable bonds is 4. The van der Waals surface area contributed by atoms with Crippen LogP contribution in [0.2, 0.25) is 0 Å². The lowest BCUT2D eigenvalue weighted by Gasteiger charge is -2.36. The van der Waals surface area contributed by atoms with Gasteiger partial charge in [0.15, 0.2) is 0 Å². The van der Waals surface area contributed by atoms with E-state index in [0.717, 1.165) is 5.57 Å². The van der Waals surface area contributed by atoms with E-state index in [1.165, 1.54) is 20.8 Å². The summed E-state index contributed by atoms with van der Waals surface area (Å²) in [5.41, 5.74) is 0.242. The van der Waals surface area contributed by atoms with Crippen molar-refractivity contribution in [3.8, 4) is 0 Å². The van der Waals surface area contributed by atoms with Crippen LogP contribution in [0, 0.1) is 11.8 Å². The van der Waals surface area contributed by atoms with E-state index in [1.807, 2.05) is 33.8 Å². The van der Waals surface area contributed by atoms with Crippen LogP contribution in [0.5, 0.6) is 0 Å². The molecule has 1 aliphatic heterocycles. The van der Waals surface area contributed by atoms with Crippen molar-refractivity contribution in [1.82, 2.24) is 0 Å². The highest BCUT2D eigenvalue weighted by Crippen LogP contribution is 2.49. The van der Waals surface area contributed by atoms with E-state index in [0.29, 0.717) is 12.8 Å². The average Bonchev–Trinajstić information content (AvgIpc) is 3.21. The van der Waals surface area contributed by atoms with Gasteiger partial charge in [-0.3, -0.25) is 14.4 Å². The summed E-state index contributed by atoms with van der Waals surface area (Å²) in [6.07, 6.45) is 0.991. The highest BCUT2D eigenvalue weighted by atomic mass is 16.7. The molecule has 1 unspecified atom stereocenters. The topological polar surface area (TPSA) is 91.4 Å². The molecule has 0 amide bonds. The molecule has 0 saturated carbocycles. The third-order valence-electron chi connectivity index (χ3n) is 5.54. The summed E-state index contributed by atoms with van der Waals surface area (Å²) in [5, 5.41) is 0. The summed E-state index contributed by atoms with van der Waals surface area (Å²) >= 11 is 0. The average molecular weight is 396 g/mol. The fourth-order valence-electron chi connectivity index (χ4n) is 4.22. The van der Waals surface area contributed by atoms with Crippen LogP contribution in [-0.4, -0.2) is 47.9 Å². The number of hydrogen-bond donors (Lipinski definition) is 0. The Morgan fingerprint density at radius 1 is 1.07 bits per heavy atom. The standard InChI is InChI=1S/C21H32O7/c1-11(2)18-16(25-13(4)22)10-12(3)8-9-17(26-14(5)23)21(7)20(28-21)19(18)27-15(6)24/h8,11,16-20H,9-10H2,1-7H3/b12-8+/t16-,17-,18+,19?,20+,21-/m0/s1. The van der Waals surface area contributed by atoms with Crippen molar-refractivity contribution in [2.45, 2.75) is 91.3 Å². The zero-order valence-electron chi connectivity index (χ0n) is 17.8. The molecule has 1 saturated heterocycles. The first kappa shape index (κ1) is 22.4. The number of fused-ring (bicyclic) bond motifs is 1. The molecular formula is C21H32O7. The molecule has 7 heteroatoms. The van der Waals surface area contributed by atoms with Crippen LogP contribution >= 0.6 is 0 Å². The zero-order chi connectivity index (χ0) is 21.2. The maximum Gasteiger partial charge on any atom is 0.303 e. The first-order valence-electron chi connectivity index (χ1n) is 9.80. The van der Waals surface area contributed by atoms with E-state index in [9.17, 15) is 14.4 Å². The predicted molar refractivity (Wildman–Crippen MR) is 101 cm³/mol. The summed E-state index contributed by atoms with van der Waals surface area (Å²) in [4.78, 5) is 35.2. The van der Waals surface area contributed by atoms with Crippen LogP contribution in [0.4, 0.5) is 0 Å². The highest BCUT2D eigenvalue weighted by Gasteiger charge is 2.65. The summed E-state index contributed by atoms with van der Waals surface area (Å²) in [5.74, 6) is -1.39. The molecule has 0 spiro atoms. The molecule has 0 radical (unpaired) electrons. The molecule has 0 aromatic rings. The van der Waals surface area contributed by atoms with Gasteiger partial charge in [0.05, 0.1) is 0 Å². The van der Waals surface area contributed by atoms with E-state index < -0.39 is 36.0 Å². The number of carbonyl (C=O) groups is 3. The van der Waals surface area contributed by atoms with Crippen LogP contribution in [0.15, 0.2) is 11.6 Å². The Kier molecular flexibility index (Phi) is 6.91. The summed E-state index contributed by atoms with van der Waals surface area (Å²) in [6.45, 7) is 11.9. The van der Waals surface area contributed by atoms with Gasteiger partial charge in [-0.05, 0) is 19.8 Å². The second kappa shape index (κ2) is 8.64. The normalized spacial score (nSPS) is 37.1. The van der Waals surface area contributed by atoms with Crippen LogP contribution in [0.1, 0.15) is 61.3 Å². The van der Waals surface area contributed by atoms with Gasteiger partial charge in [0.25, 0.3) is 0 Å². The molecule has 1 heterocycles. The van der Waals surface area contributed by atoms with Gasteiger partial charge >= 0.3 is 17.9 Å². The van der Waals surface area contributed by atoms with Gasteiger partial charge < -0.3 is 18.9 Å². The van der Waals surface area contributed by atoms with Gasteiger partial charge in [0.2, 0.25) is 0 Å².